The quantitative estimate of drug-likeness (QED) is 0.459. The van der Waals surface area contributed by atoms with Gasteiger partial charge in [-0.15, -0.1) is 0 Å². The van der Waals surface area contributed by atoms with Gasteiger partial charge in [0.2, 0.25) is 0 Å². The molecule has 3 saturated carbocycles. The lowest BCUT2D eigenvalue weighted by Gasteiger charge is -2.56. The number of hydrogen-bond acceptors (Lipinski definition) is 3. The van der Waals surface area contributed by atoms with Crippen molar-refractivity contribution in [3.63, 3.8) is 0 Å². The summed E-state index contributed by atoms with van der Waals surface area (Å²) in [6, 6.07) is 0. The molecule has 0 amide bonds. The Morgan fingerprint density at radius 1 is 1.08 bits per heavy atom. The molecule has 0 bridgehead atoms. The lowest BCUT2D eigenvalue weighted by molar-refractivity contribution is -0.148. The Kier molecular flexibility index (Phi) is 5.38. The SMILES string of the molecule is CC.CC(=O)O[C@H]1CC[C@@]2(C)C(=CCC3C2CC[C@]2(C)C(=O)CCC32)C1. The van der Waals surface area contributed by atoms with Crippen molar-refractivity contribution in [2.75, 3.05) is 0 Å². The van der Waals surface area contributed by atoms with Gasteiger partial charge in [-0.05, 0) is 61.7 Å². The molecule has 0 heterocycles. The number of carbonyl (C=O) groups is 2. The fourth-order valence-corrected chi connectivity index (χ4v) is 6.73. The monoisotopic (exact) mass is 360 g/mol. The van der Waals surface area contributed by atoms with Crippen LogP contribution in [0.3, 0.4) is 0 Å². The van der Waals surface area contributed by atoms with Gasteiger partial charge in [-0.1, -0.05) is 39.3 Å². The van der Waals surface area contributed by atoms with E-state index in [0.29, 0.717) is 23.5 Å². The van der Waals surface area contributed by atoms with Crippen molar-refractivity contribution in [2.45, 2.75) is 92.1 Å². The third-order valence-electron chi connectivity index (χ3n) is 8.10. The summed E-state index contributed by atoms with van der Waals surface area (Å²) < 4.78 is 5.50. The van der Waals surface area contributed by atoms with E-state index in [1.807, 2.05) is 13.8 Å². The summed E-state index contributed by atoms with van der Waals surface area (Å²) in [6.07, 6.45) is 10.8. The second-order valence-corrected chi connectivity index (χ2v) is 9.15. The van der Waals surface area contributed by atoms with E-state index in [1.165, 1.54) is 18.9 Å². The maximum Gasteiger partial charge on any atom is 0.302 e. The van der Waals surface area contributed by atoms with Crippen LogP contribution in [-0.2, 0) is 14.3 Å². The molecule has 3 heteroatoms. The smallest absolute Gasteiger partial charge is 0.302 e. The largest absolute Gasteiger partial charge is 0.462 e. The second-order valence-electron chi connectivity index (χ2n) is 9.15. The topological polar surface area (TPSA) is 43.4 Å². The Bertz CT molecular complexity index is 607. The Morgan fingerprint density at radius 3 is 2.42 bits per heavy atom. The zero-order valence-corrected chi connectivity index (χ0v) is 17.3. The van der Waals surface area contributed by atoms with E-state index >= 15 is 0 Å². The van der Waals surface area contributed by atoms with Crippen LogP contribution in [0.1, 0.15) is 86.0 Å². The average molecular weight is 361 g/mol. The molecule has 146 valence electrons. The van der Waals surface area contributed by atoms with Gasteiger partial charge in [-0.2, -0.15) is 0 Å². The van der Waals surface area contributed by atoms with E-state index in [4.69, 9.17) is 4.74 Å². The fraction of sp³-hybridized carbons (Fsp3) is 0.826. The summed E-state index contributed by atoms with van der Waals surface area (Å²) in [4.78, 5) is 23.7. The van der Waals surface area contributed by atoms with Crippen molar-refractivity contribution >= 4 is 11.8 Å². The van der Waals surface area contributed by atoms with Gasteiger partial charge in [0.05, 0.1) is 0 Å². The Morgan fingerprint density at radius 2 is 1.73 bits per heavy atom. The molecule has 0 aromatic rings. The van der Waals surface area contributed by atoms with Crippen LogP contribution in [0, 0.1) is 28.6 Å². The molecule has 0 aliphatic heterocycles. The number of esters is 1. The van der Waals surface area contributed by atoms with Crippen LogP contribution in [-0.4, -0.2) is 17.9 Å². The number of ether oxygens (including phenoxy) is 1. The third-order valence-corrected chi connectivity index (χ3v) is 8.10. The maximum atomic E-state index is 12.4. The molecule has 4 rings (SSSR count). The number of ketones is 1. The van der Waals surface area contributed by atoms with Crippen LogP contribution < -0.4 is 0 Å². The first-order chi connectivity index (χ1) is 12.3. The molecular formula is C23H36O3. The fourth-order valence-electron chi connectivity index (χ4n) is 6.73. The summed E-state index contributed by atoms with van der Waals surface area (Å²) in [5.74, 6) is 2.33. The molecule has 3 fully saturated rings. The average Bonchev–Trinajstić information content (AvgIpc) is 2.92. The minimum atomic E-state index is -0.157. The van der Waals surface area contributed by atoms with Crippen LogP contribution in [0.4, 0.5) is 0 Å². The highest BCUT2D eigenvalue weighted by atomic mass is 16.5. The van der Waals surface area contributed by atoms with Crippen LogP contribution in [0.25, 0.3) is 0 Å². The minimum Gasteiger partial charge on any atom is -0.462 e. The predicted molar refractivity (Wildman–Crippen MR) is 104 cm³/mol. The van der Waals surface area contributed by atoms with Gasteiger partial charge in [0.15, 0.2) is 0 Å². The lowest BCUT2D eigenvalue weighted by Crippen LogP contribution is -2.50. The molecule has 0 saturated heterocycles. The number of carbonyl (C=O) groups excluding carboxylic acids is 2. The van der Waals surface area contributed by atoms with Crippen molar-refractivity contribution in [2.24, 2.45) is 28.6 Å². The highest BCUT2D eigenvalue weighted by molar-refractivity contribution is 5.87. The van der Waals surface area contributed by atoms with Gasteiger partial charge in [0.1, 0.15) is 11.9 Å². The third kappa shape index (κ3) is 2.96. The van der Waals surface area contributed by atoms with E-state index in [-0.39, 0.29) is 22.9 Å². The number of Topliss-reactive ketones (excluding diaryl/α,β-unsaturated/α-hetero) is 1. The van der Waals surface area contributed by atoms with E-state index in [2.05, 4.69) is 19.9 Å². The van der Waals surface area contributed by atoms with Crippen LogP contribution in [0.5, 0.6) is 0 Å². The molecule has 0 aromatic carbocycles. The van der Waals surface area contributed by atoms with Gasteiger partial charge < -0.3 is 4.74 Å². The predicted octanol–water partition coefficient (Wildman–Crippen LogP) is 5.48. The van der Waals surface area contributed by atoms with Crippen molar-refractivity contribution in [1.82, 2.24) is 0 Å². The number of hydrogen-bond donors (Lipinski definition) is 0. The number of rotatable bonds is 1. The van der Waals surface area contributed by atoms with E-state index < -0.39 is 0 Å². The van der Waals surface area contributed by atoms with Crippen molar-refractivity contribution in [3.05, 3.63) is 11.6 Å². The van der Waals surface area contributed by atoms with Gasteiger partial charge in [-0.3, -0.25) is 9.59 Å². The highest BCUT2D eigenvalue weighted by Gasteiger charge is 2.58. The van der Waals surface area contributed by atoms with Gasteiger partial charge in [-0.25, -0.2) is 0 Å². The molecule has 4 aliphatic carbocycles. The molecule has 0 radical (unpaired) electrons. The first kappa shape index (κ1) is 19.6. The standard InChI is InChI=1S/C21H30O3.C2H6/c1-13(22)24-15-8-10-20(2)14(12-15)4-5-16-17-6-7-19(23)21(17,3)11-9-18(16)20;1-2/h4,15-18H,5-12H2,1-3H3;1-2H3/t15-,16?,17?,18?,20-,21-;/m0./s1. The summed E-state index contributed by atoms with van der Waals surface area (Å²) in [5.41, 5.74) is 1.74. The normalized spacial score (nSPS) is 43.9. The summed E-state index contributed by atoms with van der Waals surface area (Å²) in [6.45, 7) is 10.2. The molecule has 26 heavy (non-hydrogen) atoms. The number of allylic oxidation sites excluding steroid dienone is 1. The van der Waals surface area contributed by atoms with Gasteiger partial charge in [0, 0.05) is 25.2 Å². The Labute approximate surface area is 158 Å². The molecule has 6 atom stereocenters. The molecule has 0 spiro atoms. The van der Waals surface area contributed by atoms with E-state index in [9.17, 15) is 9.59 Å². The van der Waals surface area contributed by atoms with Gasteiger partial charge in [0.25, 0.3) is 0 Å². The van der Waals surface area contributed by atoms with Gasteiger partial charge >= 0.3 is 5.97 Å². The summed E-state index contributed by atoms with van der Waals surface area (Å²) in [5, 5.41) is 0. The molecule has 0 aromatic heterocycles. The summed E-state index contributed by atoms with van der Waals surface area (Å²) in [7, 11) is 0. The molecule has 3 unspecified atom stereocenters. The highest BCUT2D eigenvalue weighted by Crippen LogP contribution is 2.64. The first-order valence-electron chi connectivity index (χ1n) is 10.7. The van der Waals surface area contributed by atoms with Crippen LogP contribution in [0.2, 0.25) is 0 Å². The molecular weight excluding hydrogens is 324 g/mol. The van der Waals surface area contributed by atoms with Crippen molar-refractivity contribution in [1.29, 1.82) is 0 Å². The van der Waals surface area contributed by atoms with Crippen molar-refractivity contribution < 1.29 is 14.3 Å². The first-order valence-corrected chi connectivity index (χ1v) is 10.7. The molecule has 3 nitrogen and oxygen atoms in total. The zero-order chi connectivity index (χ0) is 19.1. The summed E-state index contributed by atoms with van der Waals surface area (Å²) >= 11 is 0. The maximum absolute atomic E-state index is 12.4. The second kappa shape index (κ2) is 7.13. The van der Waals surface area contributed by atoms with Crippen LogP contribution in [0.15, 0.2) is 11.6 Å². The van der Waals surface area contributed by atoms with E-state index in [1.54, 1.807) is 0 Å². The lowest BCUT2D eigenvalue weighted by atomic mass is 9.48. The van der Waals surface area contributed by atoms with Crippen molar-refractivity contribution in [3.8, 4) is 0 Å². The zero-order valence-electron chi connectivity index (χ0n) is 17.3. The molecule has 0 N–H and O–H groups in total. The Balaban J connectivity index is 0.000000948. The Hall–Kier alpha value is -1.12. The molecule has 4 aliphatic rings. The van der Waals surface area contributed by atoms with E-state index in [0.717, 1.165) is 44.9 Å². The minimum absolute atomic E-state index is 0.0438. The van der Waals surface area contributed by atoms with Crippen LogP contribution >= 0.6 is 0 Å². The number of fused-ring (bicyclic) bond motifs is 5.